The molecule has 88 valence electrons. The van der Waals surface area contributed by atoms with Crippen LogP contribution in [0.2, 0.25) is 5.15 Å². The van der Waals surface area contributed by atoms with Crippen LogP contribution in [0.4, 0.5) is 5.82 Å². The van der Waals surface area contributed by atoms with Gasteiger partial charge in [0.1, 0.15) is 5.15 Å². The van der Waals surface area contributed by atoms with Crippen LogP contribution in [0, 0.1) is 0 Å². The average Bonchev–Trinajstić information content (AvgIpc) is 2.33. The van der Waals surface area contributed by atoms with E-state index in [2.05, 4.69) is 10.4 Å². The van der Waals surface area contributed by atoms with Crippen LogP contribution in [-0.4, -0.2) is 9.55 Å². The van der Waals surface area contributed by atoms with Gasteiger partial charge in [-0.15, -0.1) is 0 Å². The topological polar surface area (TPSA) is 72.9 Å². The molecule has 1 saturated carbocycles. The molecule has 3 N–H and O–H groups in total. The molecule has 0 aliphatic heterocycles. The highest BCUT2D eigenvalue weighted by atomic mass is 35.5. The van der Waals surface area contributed by atoms with Crippen LogP contribution >= 0.6 is 11.6 Å². The Balaban J connectivity index is 2.38. The Labute approximate surface area is 98.6 Å². The van der Waals surface area contributed by atoms with Crippen molar-refractivity contribution in [3.05, 3.63) is 21.7 Å². The van der Waals surface area contributed by atoms with Crippen LogP contribution in [0.1, 0.15) is 38.1 Å². The van der Waals surface area contributed by atoms with Gasteiger partial charge in [0.15, 0.2) is 0 Å². The summed E-state index contributed by atoms with van der Waals surface area (Å²) in [7, 11) is 0. The van der Waals surface area contributed by atoms with Crippen molar-refractivity contribution in [2.75, 3.05) is 5.43 Å². The number of hydrogen-bond acceptors (Lipinski definition) is 4. The molecule has 1 aromatic rings. The standard InChI is InChI=1S/C10H15ClN4O/c11-8-6-15(7-4-2-1-3-5-7)10(16)9(13-8)14-12/h6-7H,1-5,12H2,(H,13,14). The second kappa shape index (κ2) is 4.84. The molecule has 2 rings (SSSR count). The molecule has 0 spiro atoms. The maximum atomic E-state index is 12.0. The van der Waals surface area contributed by atoms with Gasteiger partial charge in [-0.3, -0.25) is 4.79 Å². The minimum Gasteiger partial charge on any atom is -0.306 e. The monoisotopic (exact) mass is 242 g/mol. The summed E-state index contributed by atoms with van der Waals surface area (Å²) in [6.45, 7) is 0. The molecule has 0 saturated heterocycles. The fraction of sp³-hybridized carbons (Fsp3) is 0.600. The molecule has 6 heteroatoms. The highest BCUT2D eigenvalue weighted by molar-refractivity contribution is 6.29. The summed E-state index contributed by atoms with van der Waals surface area (Å²) in [6, 6.07) is 0.230. The number of nitrogens with two attached hydrogens (primary N) is 1. The number of nitrogens with zero attached hydrogens (tertiary/aromatic N) is 2. The highest BCUT2D eigenvalue weighted by Crippen LogP contribution is 2.27. The Morgan fingerprint density at radius 1 is 1.44 bits per heavy atom. The van der Waals surface area contributed by atoms with E-state index in [0.717, 1.165) is 25.7 Å². The molecular formula is C10H15ClN4O. The van der Waals surface area contributed by atoms with Crippen LogP contribution in [0.15, 0.2) is 11.0 Å². The maximum absolute atomic E-state index is 12.0. The van der Waals surface area contributed by atoms with Gasteiger partial charge in [0.25, 0.3) is 5.56 Å². The third kappa shape index (κ3) is 2.20. The lowest BCUT2D eigenvalue weighted by Crippen LogP contribution is -2.30. The molecule has 1 aliphatic carbocycles. The van der Waals surface area contributed by atoms with E-state index in [0.29, 0.717) is 0 Å². The number of nitrogen functional groups attached to an aromatic ring is 1. The van der Waals surface area contributed by atoms with Crippen molar-refractivity contribution < 1.29 is 0 Å². The first-order valence-corrected chi connectivity index (χ1v) is 5.85. The number of nitrogens with one attached hydrogen (secondary N) is 1. The van der Waals surface area contributed by atoms with Crippen molar-refractivity contribution in [2.45, 2.75) is 38.1 Å². The molecule has 0 amide bonds. The van der Waals surface area contributed by atoms with Crippen molar-refractivity contribution >= 4 is 17.4 Å². The Hall–Kier alpha value is -1.07. The van der Waals surface area contributed by atoms with Crippen molar-refractivity contribution in [2.24, 2.45) is 5.84 Å². The molecule has 0 atom stereocenters. The van der Waals surface area contributed by atoms with Gasteiger partial charge in [0.2, 0.25) is 5.82 Å². The lowest BCUT2D eigenvalue weighted by Gasteiger charge is -2.24. The van der Waals surface area contributed by atoms with E-state index in [-0.39, 0.29) is 22.6 Å². The van der Waals surface area contributed by atoms with Gasteiger partial charge in [0.05, 0.1) is 0 Å². The highest BCUT2D eigenvalue weighted by Gasteiger charge is 2.18. The van der Waals surface area contributed by atoms with Crippen molar-refractivity contribution in [3.63, 3.8) is 0 Å². The molecule has 1 aromatic heterocycles. The van der Waals surface area contributed by atoms with Crippen molar-refractivity contribution in [1.29, 1.82) is 0 Å². The van der Waals surface area contributed by atoms with Gasteiger partial charge in [0, 0.05) is 12.2 Å². The summed E-state index contributed by atoms with van der Waals surface area (Å²) >= 11 is 5.85. The third-order valence-electron chi connectivity index (χ3n) is 3.01. The first-order valence-electron chi connectivity index (χ1n) is 5.47. The number of hydrazine groups is 1. The summed E-state index contributed by atoms with van der Waals surface area (Å²) in [6.07, 6.45) is 7.19. The van der Waals surface area contributed by atoms with Crippen LogP contribution in [0.3, 0.4) is 0 Å². The van der Waals surface area contributed by atoms with Crippen LogP contribution in [-0.2, 0) is 0 Å². The predicted octanol–water partition coefficient (Wildman–Crippen LogP) is 1.69. The Morgan fingerprint density at radius 3 is 2.75 bits per heavy atom. The van der Waals surface area contributed by atoms with Crippen LogP contribution in [0.5, 0.6) is 0 Å². The molecule has 1 heterocycles. The number of hydrogen-bond donors (Lipinski definition) is 2. The second-order valence-corrected chi connectivity index (χ2v) is 4.45. The molecule has 16 heavy (non-hydrogen) atoms. The molecule has 0 bridgehead atoms. The smallest absolute Gasteiger partial charge is 0.294 e. The van der Waals surface area contributed by atoms with Crippen molar-refractivity contribution in [1.82, 2.24) is 9.55 Å². The average molecular weight is 243 g/mol. The van der Waals surface area contributed by atoms with Gasteiger partial charge in [-0.25, -0.2) is 10.8 Å². The zero-order chi connectivity index (χ0) is 11.5. The van der Waals surface area contributed by atoms with Gasteiger partial charge < -0.3 is 9.99 Å². The largest absolute Gasteiger partial charge is 0.306 e. The van der Waals surface area contributed by atoms with Crippen LogP contribution in [0.25, 0.3) is 0 Å². The SMILES string of the molecule is NNc1nc(Cl)cn(C2CCCCC2)c1=O. The van der Waals surface area contributed by atoms with Gasteiger partial charge in [-0.05, 0) is 12.8 Å². The Bertz CT molecular complexity index is 425. The third-order valence-corrected chi connectivity index (χ3v) is 3.19. The number of halogens is 1. The molecule has 1 aliphatic rings. The minimum absolute atomic E-state index is 0.109. The van der Waals surface area contributed by atoms with E-state index >= 15 is 0 Å². The number of anilines is 1. The zero-order valence-electron chi connectivity index (χ0n) is 8.95. The van der Waals surface area contributed by atoms with E-state index in [9.17, 15) is 4.79 Å². The fourth-order valence-corrected chi connectivity index (χ4v) is 2.39. The summed E-state index contributed by atoms with van der Waals surface area (Å²) in [5, 5.41) is 0.290. The molecular weight excluding hydrogens is 228 g/mol. The molecule has 0 radical (unpaired) electrons. The van der Waals surface area contributed by atoms with Crippen LogP contribution < -0.4 is 16.8 Å². The first-order chi connectivity index (χ1) is 7.72. The normalized spacial score (nSPS) is 17.4. The zero-order valence-corrected chi connectivity index (χ0v) is 9.70. The maximum Gasteiger partial charge on any atom is 0.294 e. The quantitative estimate of drug-likeness (QED) is 0.612. The predicted molar refractivity (Wildman–Crippen MR) is 63.4 cm³/mol. The fourth-order valence-electron chi connectivity index (χ4n) is 2.20. The lowest BCUT2D eigenvalue weighted by atomic mass is 9.95. The molecule has 1 fully saturated rings. The summed E-state index contributed by atoms with van der Waals surface area (Å²) in [4.78, 5) is 15.8. The van der Waals surface area contributed by atoms with Gasteiger partial charge >= 0.3 is 0 Å². The number of rotatable bonds is 2. The summed E-state index contributed by atoms with van der Waals surface area (Å²) in [5.41, 5.74) is 2.09. The van der Waals surface area contributed by atoms with Gasteiger partial charge in [-0.1, -0.05) is 30.9 Å². The summed E-state index contributed by atoms with van der Waals surface area (Å²) < 4.78 is 1.66. The summed E-state index contributed by atoms with van der Waals surface area (Å²) in [5.74, 6) is 5.34. The molecule has 0 aromatic carbocycles. The molecule has 0 unspecified atom stereocenters. The number of aromatic nitrogens is 2. The van der Waals surface area contributed by atoms with E-state index in [4.69, 9.17) is 17.4 Å². The van der Waals surface area contributed by atoms with E-state index in [1.165, 1.54) is 6.42 Å². The Kier molecular flexibility index (Phi) is 3.46. The first kappa shape index (κ1) is 11.4. The lowest BCUT2D eigenvalue weighted by molar-refractivity contribution is 0.346. The second-order valence-electron chi connectivity index (χ2n) is 4.06. The van der Waals surface area contributed by atoms with E-state index < -0.39 is 0 Å². The van der Waals surface area contributed by atoms with Crippen molar-refractivity contribution in [3.8, 4) is 0 Å². The molecule has 5 nitrogen and oxygen atoms in total. The van der Waals surface area contributed by atoms with E-state index in [1.54, 1.807) is 10.8 Å². The minimum atomic E-state index is -0.196. The van der Waals surface area contributed by atoms with Gasteiger partial charge in [-0.2, -0.15) is 0 Å². The van der Waals surface area contributed by atoms with E-state index in [1.807, 2.05) is 0 Å². The Morgan fingerprint density at radius 2 is 2.12 bits per heavy atom.